The third kappa shape index (κ3) is 3.29. The summed E-state index contributed by atoms with van der Waals surface area (Å²) in [6.45, 7) is 0. The second-order valence-corrected chi connectivity index (χ2v) is 5.98. The van der Waals surface area contributed by atoms with Gasteiger partial charge in [-0.15, -0.1) is 0 Å². The maximum atomic E-state index is 13.6. The molecule has 3 nitrogen and oxygen atoms in total. The summed E-state index contributed by atoms with van der Waals surface area (Å²) in [5.41, 5.74) is 6.73. The van der Waals surface area contributed by atoms with Gasteiger partial charge in [0.05, 0.1) is 33.6 Å². The van der Waals surface area contributed by atoms with Crippen molar-refractivity contribution in [2.75, 3.05) is 12.8 Å². The number of nitrogen functional groups attached to an aromatic ring is 1. The molecule has 0 amide bonds. The van der Waals surface area contributed by atoms with Crippen LogP contribution < -0.4 is 10.5 Å². The minimum Gasteiger partial charge on any atom is -0.494 e. The lowest BCUT2D eigenvalue weighted by Crippen LogP contribution is -2.00. The Morgan fingerprint density at radius 2 is 2.05 bits per heavy atom. The van der Waals surface area contributed by atoms with Crippen LogP contribution in [0.1, 0.15) is 5.56 Å². The average Bonchev–Trinajstić information content (AvgIpc) is 2.41. The van der Waals surface area contributed by atoms with Crippen molar-refractivity contribution >= 4 is 28.1 Å². The van der Waals surface area contributed by atoms with Crippen molar-refractivity contribution in [3.05, 3.63) is 52.8 Å². The highest BCUT2D eigenvalue weighted by atomic mass is 35.5. The van der Waals surface area contributed by atoms with E-state index >= 15 is 0 Å². The molecule has 6 heteroatoms. The van der Waals surface area contributed by atoms with Crippen LogP contribution in [-0.4, -0.2) is 11.3 Å². The van der Waals surface area contributed by atoms with Gasteiger partial charge in [-0.1, -0.05) is 17.7 Å². The van der Waals surface area contributed by atoms with Gasteiger partial charge < -0.3 is 10.5 Å². The van der Waals surface area contributed by atoms with E-state index in [1.165, 1.54) is 19.2 Å². The Morgan fingerprint density at radius 1 is 1.30 bits per heavy atom. The van der Waals surface area contributed by atoms with Gasteiger partial charge in [-0.05, 0) is 35.9 Å². The summed E-state index contributed by atoms with van der Waals surface area (Å²) in [7, 11) is -0.000871. The number of methoxy groups -OCH3 is 1. The lowest BCUT2D eigenvalue weighted by atomic mass is 10.2. The number of nitrogens with two attached hydrogens (primary N) is 1. The van der Waals surface area contributed by atoms with Crippen LogP contribution in [0.3, 0.4) is 0 Å². The van der Waals surface area contributed by atoms with E-state index < -0.39 is 16.6 Å². The van der Waals surface area contributed by atoms with E-state index in [1.807, 2.05) is 0 Å². The Labute approximate surface area is 124 Å². The van der Waals surface area contributed by atoms with Crippen molar-refractivity contribution in [2.24, 2.45) is 0 Å². The molecule has 106 valence electrons. The van der Waals surface area contributed by atoms with E-state index in [-0.39, 0.29) is 11.5 Å². The van der Waals surface area contributed by atoms with Crippen molar-refractivity contribution in [3.63, 3.8) is 0 Å². The van der Waals surface area contributed by atoms with Gasteiger partial charge >= 0.3 is 0 Å². The monoisotopic (exact) mass is 313 g/mol. The zero-order chi connectivity index (χ0) is 14.7. The summed E-state index contributed by atoms with van der Waals surface area (Å²) < 4.78 is 30.7. The third-order valence-electron chi connectivity index (χ3n) is 2.71. The molecular weight excluding hydrogens is 301 g/mol. The first-order valence-electron chi connectivity index (χ1n) is 5.77. The van der Waals surface area contributed by atoms with Gasteiger partial charge in [-0.3, -0.25) is 4.21 Å². The fourth-order valence-electron chi connectivity index (χ4n) is 1.72. The number of benzene rings is 2. The first-order valence-corrected chi connectivity index (χ1v) is 7.46. The highest BCUT2D eigenvalue weighted by Gasteiger charge is 2.12. The molecule has 0 spiro atoms. The van der Waals surface area contributed by atoms with Crippen molar-refractivity contribution in [1.29, 1.82) is 0 Å². The van der Waals surface area contributed by atoms with Crippen LogP contribution in [0.25, 0.3) is 0 Å². The molecule has 0 aliphatic heterocycles. The fourth-order valence-corrected chi connectivity index (χ4v) is 3.29. The maximum absolute atomic E-state index is 13.6. The molecule has 0 saturated carbocycles. The Bertz CT molecular complexity index is 664. The van der Waals surface area contributed by atoms with Crippen LogP contribution >= 0.6 is 11.6 Å². The Hall–Kier alpha value is -1.59. The first-order chi connectivity index (χ1) is 9.51. The quantitative estimate of drug-likeness (QED) is 0.880. The SMILES string of the molecule is COc1ccc(CS(=O)c2cc(N)ccc2Cl)cc1F. The minimum absolute atomic E-state index is 0.154. The number of rotatable bonds is 4. The normalized spacial score (nSPS) is 12.2. The van der Waals surface area contributed by atoms with Crippen LogP contribution in [0.4, 0.5) is 10.1 Å². The van der Waals surface area contributed by atoms with Crippen LogP contribution in [0, 0.1) is 5.82 Å². The molecule has 0 aromatic heterocycles. The van der Waals surface area contributed by atoms with Crippen LogP contribution in [0.5, 0.6) is 5.75 Å². The maximum Gasteiger partial charge on any atom is 0.165 e. The molecule has 2 aromatic carbocycles. The Kier molecular flexibility index (Phi) is 4.62. The predicted octanol–water partition coefficient (Wildman–Crippen LogP) is 3.38. The van der Waals surface area contributed by atoms with E-state index in [0.29, 0.717) is 21.2 Å². The van der Waals surface area contributed by atoms with Gasteiger partial charge in [-0.25, -0.2) is 4.39 Å². The molecule has 2 N–H and O–H groups in total. The molecule has 1 unspecified atom stereocenters. The smallest absolute Gasteiger partial charge is 0.165 e. The molecule has 0 saturated heterocycles. The van der Waals surface area contributed by atoms with Crippen molar-refractivity contribution in [3.8, 4) is 5.75 Å². The molecule has 0 radical (unpaired) electrons. The van der Waals surface area contributed by atoms with E-state index in [0.717, 1.165) is 0 Å². The van der Waals surface area contributed by atoms with Gasteiger partial charge in [-0.2, -0.15) is 0 Å². The molecule has 0 fully saturated rings. The zero-order valence-corrected chi connectivity index (χ0v) is 12.3. The summed E-state index contributed by atoms with van der Waals surface area (Å²) in [6, 6.07) is 9.27. The number of anilines is 1. The van der Waals surface area contributed by atoms with Gasteiger partial charge in [0.1, 0.15) is 0 Å². The van der Waals surface area contributed by atoms with Gasteiger partial charge in [0.15, 0.2) is 11.6 Å². The van der Waals surface area contributed by atoms with Crippen LogP contribution in [0.2, 0.25) is 5.02 Å². The number of hydrogen-bond acceptors (Lipinski definition) is 3. The lowest BCUT2D eigenvalue weighted by molar-refractivity contribution is 0.386. The Balaban J connectivity index is 2.23. The second kappa shape index (κ2) is 6.24. The molecule has 0 aliphatic rings. The fraction of sp³-hybridized carbons (Fsp3) is 0.143. The van der Waals surface area contributed by atoms with E-state index in [1.54, 1.807) is 24.3 Å². The summed E-state index contributed by atoms with van der Waals surface area (Å²) in [5, 5.41) is 0.381. The topological polar surface area (TPSA) is 52.3 Å². The molecule has 2 aromatic rings. The average molecular weight is 314 g/mol. The van der Waals surface area contributed by atoms with Crippen molar-refractivity contribution in [1.82, 2.24) is 0 Å². The molecule has 0 aliphatic carbocycles. The molecule has 1 atom stereocenters. The van der Waals surface area contributed by atoms with Crippen molar-refractivity contribution < 1.29 is 13.3 Å². The zero-order valence-electron chi connectivity index (χ0n) is 10.7. The largest absolute Gasteiger partial charge is 0.494 e. The Morgan fingerprint density at radius 3 is 2.70 bits per heavy atom. The lowest BCUT2D eigenvalue weighted by Gasteiger charge is -2.07. The predicted molar refractivity (Wildman–Crippen MR) is 78.9 cm³/mol. The molecule has 0 heterocycles. The van der Waals surface area contributed by atoms with Crippen molar-refractivity contribution in [2.45, 2.75) is 10.6 Å². The highest BCUT2D eigenvalue weighted by Crippen LogP contribution is 2.25. The molecule has 0 bridgehead atoms. The molecule has 20 heavy (non-hydrogen) atoms. The number of halogens is 2. The number of ether oxygens (including phenoxy) is 1. The van der Waals surface area contributed by atoms with E-state index in [4.69, 9.17) is 22.1 Å². The molecule has 2 rings (SSSR count). The van der Waals surface area contributed by atoms with Gasteiger partial charge in [0.2, 0.25) is 0 Å². The first kappa shape index (κ1) is 14.8. The van der Waals surface area contributed by atoms with Gasteiger partial charge in [0, 0.05) is 5.69 Å². The van der Waals surface area contributed by atoms with Crippen LogP contribution in [0.15, 0.2) is 41.3 Å². The summed E-state index contributed by atoms with van der Waals surface area (Å²) in [5.74, 6) is -0.174. The summed E-state index contributed by atoms with van der Waals surface area (Å²) in [6.07, 6.45) is 0. The standard InChI is InChI=1S/C14H13ClFNO2S/c1-19-13-5-2-9(6-12(13)16)8-20(18)14-7-10(17)3-4-11(14)15/h2-7H,8,17H2,1H3. The second-order valence-electron chi connectivity index (χ2n) is 4.15. The van der Waals surface area contributed by atoms with E-state index in [2.05, 4.69) is 0 Å². The summed E-state index contributed by atoms with van der Waals surface area (Å²) in [4.78, 5) is 0.447. The number of hydrogen-bond donors (Lipinski definition) is 1. The minimum atomic E-state index is -1.39. The van der Waals surface area contributed by atoms with Crippen LogP contribution in [-0.2, 0) is 16.6 Å². The third-order valence-corrected chi connectivity index (χ3v) is 4.58. The highest BCUT2D eigenvalue weighted by molar-refractivity contribution is 7.84. The molecular formula is C14H13ClFNO2S. The van der Waals surface area contributed by atoms with Gasteiger partial charge in [0.25, 0.3) is 0 Å². The van der Waals surface area contributed by atoms with E-state index in [9.17, 15) is 8.60 Å². The summed E-state index contributed by atoms with van der Waals surface area (Å²) >= 11 is 5.99.